The summed E-state index contributed by atoms with van der Waals surface area (Å²) in [4.78, 5) is 4.55. The first kappa shape index (κ1) is 21.3. The molecule has 0 radical (unpaired) electrons. The molecule has 0 aliphatic carbocycles. The molecule has 0 aromatic carbocycles. The molecule has 0 amide bonds. The van der Waals surface area contributed by atoms with Crippen molar-refractivity contribution in [2.24, 2.45) is 4.99 Å². The standard InChI is InChI=1S/C14H32N4.HI/c1-6-8-9-10-16-13(15-7-2)17-11-12-18-14(3,4)5;/h18H,6-12H2,1-5H3,(H2,15,16,17);1H. The highest BCUT2D eigenvalue weighted by atomic mass is 127. The van der Waals surface area contributed by atoms with Crippen molar-refractivity contribution < 1.29 is 0 Å². The zero-order valence-corrected chi connectivity index (χ0v) is 15.6. The molecule has 0 saturated carbocycles. The molecule has 0 aromatic heterocycles. The van der Waals surface area contributed by atoms with Crippen molar-refractivity contribution in [3.63, 3.8) is 0 Å². The summed E-state index contributed by atoms with van der Waals surface area (Å²) in [7, 11) is 0. The van der Waals surface area contributed by atoms with Crippen LogP contribution in [-0.4, -0.2) is 37.7 Å². The van der Waals surface area contributed by atoms with E-state index in [0.29, 0.717) is 0 Å². The molecule has 0 atom stereocenters. The number of aliphatic imine (C=N–C) groups is 1. The second-order valence-electron chi connectivity index (χ2n) is 5.57. The predicted molar refractivity (Wildman–Crippen MR) is 96.7 cm³/mol. The van der Waals surface area contributed by atoms with Gasteiger partial charge < -0.3 is 16.0 Å². The Bertz CT molecular complexity index is 224. The fraction of sp³-hybridized carbons (Fsp3) is 0.929. The molecule has 0 aromatic rings. The van der Waals surface area contributed by atoms with Crippen LogP contribution in [0.2, 0.25) is 0 Å². The summed E-state index contributed by atoms with van der Waals surface area (Å²) in [5, 5.41) is 10.1. The van der Waals surface area contributed by atoms with Gasteiger partial charge in [-0.15, -0.1) is 24.0 Å². The number of halogens is 1. The molecule has 19 heavy (non-hydrogen) atoms. The van der Waals surface area contributed by atoms with Gasteiger partial charge in [-0.05, 0) is 34.1 Å². The Balaban J connectivity index is 0. The number of guanidine groups is 1. The Morgan fingerprint density at radius 2 is 1.68 bits per heavy atom. The maximum Gasteiger partial charge on any atom is 0.191 e. The summed E-state index contributed by atoms with van der Waals surface area (Å²) in [6, 6.07) is 0. The van der Waals surface area contributed by atoms with Crippen molar-refractivity contribution in [2.75, 3.05) is 26.2 Å². The molecule has 5 heteroatoms. The van der Waals surface area contributed by atoms with Crippen LogP contribution in [0.1, 0.15) is 53.9 Å². The average molecular weight is 384 g/mol. The quantitative estimate of drug-likeness (QED) is 0.261. The summed E-state index contributed by atoms with van der Waals surface area (Å²) < 4.78 is 0. The van der Waals surface area contributed by atoms with E-state index < -0.39 is 0 Å². The van der Waals surface area contributed by atoms with E-state index >= 15 is 0 Å². The second kappa shape index (κ2) is 13.0. The van der Waals surface area contributed by atoms with Crippen molar-refractivity contribution in [2.45, 2.75) is 59.4 Å². The summed E-state index contributed by atoms with van der Waals surface area (Å²) in [5.74, 6) is 0.935. The highest BCUT2D eigenvalue weighted by molar-refractivity contribution is 14.0. The highest BCUT2D eigenvalue weighted by Crippen LogP contribution is 1.96. The highest BCUT2D eigenvalue weighted by Gasteiger charge is 2.07. The first-order valence-corrected chi connectivity index (χ1v) is 7.26. The molecule has 3 N–H and O–H groups in total. The predicted octanol–water partition coefficient (Wildman–Crippen LogP) is 2.74. The third-order valence-corrected chi connectivity index (χ3v) is 2.45. The van der Waals surface area contributed by atoms with E-state index in [2.05, 4.69) is 55.6 Å². The van der Waals surface area contributed by atoms with Gasteiger partial charge in [0.1, 0.15) is 0 Å². The Hall–Kier alpha value is -0.0400. The molecule has 116 valence electrons. The smallest absolute Gasteiger partial charge is 0.191 e. The van der Waals surface area contributed by atoms with Gasteiger partial charge in [0, 0.05) is 31.7 Å². The van der Waals surface area contributed by atoms with Crippen LogP contribution < -0.4 is 16.0 Å². The van der Waals surface area contributed by atoms with E-state index in [1.807, 2.05) is 0 Å². The summed E-state index contributed by atoms with van der Waals surface area (Å²) in [6.45, 7) is 14.5. The first-order valence-electron chi connectivity index (χ1n) is 7.26. The molecule has 0 spiro atoms. The lowest BCUT2D eigenvalue weighted by Gasteiger charge is -2.21. The largest absolute Gasteiger partial charge is 0.357 e. The lowest BCUT2D eigenvalue weighted by molar-refractivity contribution is 0.428. The van der Waals surface area contributed by atoms with E-state index in [4.69, 9.17) is 0 Å². The number of nitrogens with one attached hydrogen (secondary N) is 3. The molecular weight excluding hydrogens is 351 g/mol. The minimum atomic E-state index is 0. The van der Waals surface area contributed by atoms with Gasteiger partial charge in [-0.25, -0.2) is 0 Å². The number of nitrogens with zero attached hydrogens (tertiary/aromatic N) is 1. The zero-order chi connectivity index (χ0) is 13.9. The Labute approximate surface area is 136 Å². The molecule has 0 fully saturated rings. The normalized spacial score (nSPS) is 11.9. The fourth-order valence-electron chi connectivity index (χ4n) is 1.51. The van der Waals surface area contributed by atoms with Crippen molar-refractivity contribution in [3.05, 3.63) is 0 Å². The van der Waals surface area contributed by atoms with E-state index in [-0.39, 0.29) is 29.5 Å². The van der Waals surface area contributed by atoms with E-state index in [1.165, 1.54) is 19.3 Å². The monoisotopic (exact) mass is 384 g/mol. The van der Waals surface area contributed by atoms with Gasteiger partial charge in [-0.2, -0.15) is 0 Å². The van der Waals surface area contributed by atoms with E-state index in [0.717, 1.165) is 32.1 Å². The SMILES string of the molecule is CCCCCN=C(NCC)NCCNC(C)(C)C.I. The van der Waals surface area contributed by atoms with Crippen LogP contribution in [0.4, 0.5) is 0 Å². The Morgan fingerprint density at radius 3 is 2.21 bits per heavy atom. The van der Waals surface area contributed by atoms with Crippen LogP contribution >= 0.6 is 24.0 Å². The van der Waals surface area contributed by atoms with Gasteiger partial charge >= 0.3 is 0 Å². The maximum atomic E-state index is 4.55. The Kier molecular flexibility index (Phi) is 14.5. The summed E-state index contributed by atoms with van der Waals surface area (Å²) in [5.41, 5.74) is 0.179. The van der Waals surface area contributed by atoms with Crippen molar-refractivity contribution in [1.82, 2.24) is 16.0 Å². The molecule has 0 saturated heterocycles. The van der Waals surface area contributed by atoms with Crippen LogP contribution in [0.15, 0.2) is 4.99 Å². The third-order valence-electron chi connectivity index (χ3n) is 2.45. The van der Waals surface area contributed by atoms with Gasteiger partial charge in [-0.3, -0.25) is 4.99 Å². The van der Waals surface area contributed by atoms with Crippen molar-refractivity contribution in [3.8, 4) is 0 Å². The van der Waals surface area contributed by atoms with Crippen LogP contribution in [0.5, 0.6) is 0 Å². The minimum absolute atomic E-state index is 0. The van der Waals surface area contributed by atoms with Crippen LogP contribution in [0.3, 0.4) is 0 Å². The Morgan fingerprint density at radius 1 is 1.00 bits per heavy atom. The molecular formula is C14H33IN4. The number of rotatable bonds is 8. The number of hydrogen-bond acceptors (Lipinski definition) is 2. The van der Waals surface area contributed by atoms with Gasteiger partial charge in [0.25, 0.3) is 0 Å². The molecule has 0 bridgehead atoms. The molecule has 0 heterocycles. The first-order chi connectivity index (χ1) is 8.49. The van der Waals surface area contributed by atoms with Crippen LogP contribution in [-0.2, 0) is 0 Å². The van der Waals surface area contributed by atoms with Crippen molar-refractivity contribution >= 4 is 29.9 Å². The zero-order valence-electron chi connectivity index (χ0n) is 13.3. The molecule has 4 nitrogen and oxygen atoms in total. The molecule has 0 rings (SSSR count). The second-order valence-corrected chi connectivity index (χ2v) is 5.57. The van der Waals surface area contributed by atoms with Gasteiger partial charge in [-0.1, -0.05) is 19.8 Å². The maximum absolute atomic E-state index is 4.55. The lowest BCUT2D eigenvalue weighted by Crippen LogP contribution is -2.44. The van der Waals surface area contributed by atoms with E-state index in [1.54, 1.807) is 0 Å². The van der Waals surface area contributed by atoms with Crippen molar-refractivity contribution in [1.29, 1.82) is 0 Å². The van der Waals surface area contributed by atoms with Crippen LogP contribution in [0.25, 0.3) is 0 Å². The third kappa shape index (κ3) is 15.9. The van der Waals surface area contributed by atoms with Crippen LogP contribution in [0, 0.1) is 0 Å². The fourth-order valence-corrected chi connectivity index (χ4v) is 1.51. The summed E-state index contributed by atoms with van der Waals surface area (Å²) >= 11 is 0. The molecule has 0 aliphatic heterocycles. The van der Waals surface area contributed by atoms with E-state index in [9.17, 15) is 0 Å². The average Bonchev–Trinajstić information content (AvgIpc) is 2.28. The lowest BCUT2D eigenvalue weighted by atomic mass is 10.1. The van der Waals surface area contributed by atoms with Gasteiger partial charge in [0.15, 0.2) is 5.96 Å². The van der Waals surface area contributed by atoms with Gasteiger partial charge in [0.2, 0.25) is 0 Å². The topological polar surface area (TPSA) is 48.5 Å². The minimum Gasteiger partial charge on any atom is -0.357 e. The number of hydrogen-bond donors (Lipinski definition) is 3. The molecule has 0 aliphatic rings. The van der Waals surface area contributed by atoms with Gasteiger partial charge in [0.05, 0.1) is 0 Å². The number of unbranched alkanes of at least 4 members (excludes halogenated alkanes) is 2. The molecule has 0 unspecified atom stereocenters. The summed E-state index contributed by atoms with van der Waals surface area (Å²) in [6.07, 6.45) is 3.68.